The summed E-state index contributed by atoms with van der Waals surface area (Å²) in [5, 5.41) is 2.91. The highest BCUT2D eigenvalue weighted by atomic mass is 16.6. The SMILES string of the molecule is Cc1cc2c(nc1NC(=O)CC(C)(C)C)CC(C)N2C(=O)OC(C)(C)C. The van der Waals surface area contributed by atoms with Gasteiger partial charge in [-0.15, -0.1) is 0 Å². The fraction of sp³-hybridized carbons (Fsp3) is 0.650. The third-order valence-corrected chi connectivity index (χ3v) is 4.00. The summed E-state index contributed by atoms with van der Waals surface area (Å²) in [7, 11) is 0. The Morgan fingerprint density at radius 3 is 2.42 bits per heavy atom. The monoisotopic (exact) mass is 361 g/mol. The molecule has 2 amide bonds. The molecule has 0 saturated heterocycles. The van der Waals surface area contributed by atoms with E-state index in [1.54, 1.807) is 4.90 Å². The third-order valence-electron chi connectivity index (χ3n) is 4.00. The standard InChI is InChI=1S/C20H31N3O3/c1-12-9-15-14(21-17(12)22-16(24)11-19(3,4)5)10-13(2)23(15)18(25)26-20(6,7)8/h9,13H,10-11H2,1-8H3,(H,21,22,24). The lowest BCUT2D eigenvalue weighted by Gasteiger charge is -2.27. The van der Waals surface area contributed by atoms with Crippen LogP contribution in [-0.2, 0) is 16.0 Å². The number of hydrogen-bond donors (Lipinski definition) is 1. The minimum Gasteiger partial charge on any atom is -0.443 e. The fourth-order valence-electron chi connectivity index (χ4n) is 2.98. The van der Waals surface area contributed by atoms with Gasteiger partial charge in [0.05, 0.1) is 11.4 Å². The number of nitrogens with one attached hydrogen (secondary N) is 1. The lowest BCUT2D eigenvalue weighted by Crippen LogP contribution is -2.40. The van der Waals surface area contributed by atoms with E-state index in [2.05, 4.69) is 10.3 Å². The number of ether oxygens (including phenoxy) is 1. The molecule has 1 aromatic rings. The second-order valence-electron chi connectivity index (χ2n) is 9.31. The molecule has 1 aliphatic heterocycles. The van der Waals surface area contributed by atoms with Gasteiger partial charge in [-0.1, -0.05) is 20.8 Å². The summed E-state index contributed by atoms with van der Waals surface area (Å²) in [6.07, 6.45) is 0.692. The molecule has 6 nitrogen and oxygen atoms in total. The Kier molecular flexibility index (Phi) is 5.36. The van der Waals surface area contributed by atoms with Crippen LogP contribution in [0.25, 0.3) is 0 Å². The van der Waals surface area contributed by atoms with Crippen molar-refractivity contribution < 1.29 is 14.3 Å². The van der Waals surface area contributed by atoms with Crippen molar-refractivity contribution in [3.05, 3.63) is 17.3 Å². The quantitative estimate of drug-likeness (QED) is 0.845. The Balaban J connectivity index is 2.25. The first-order valence-electron chi connectivity index (χ1n) is 9.09. The zero-order chi connectivity index (χ0) is 19.9. The number of carbonyl (C=O) groups is 2. The summed E-state index contributed by atoms with van der Waals surface area (Å²) < 4.78 is 5.53. The number of aryl methyl sites for hydroxylation is 1. The summed E-state index contributed by atoms with van der Waals surface area (Å²) in [5.41, 5.74) is 1.76. The van der Waals surface area contributed by atoms with Crippen molar-refractivity contribution in [3.8, 4) is 0 Å². The molecule has 0 spiro atoms. The molecule has 144 valence electrons. The molecule has 1 unspecified atom stereocenters. The number of amides is 2. The van der Waals surface area contributed by atoms with Crippen molar-refractivity contribution in [3.63, 3.8) is 0 Å². The molecule has 6 heteroatoms. The van der Waals surface area contributed by atoms with Crippen molar-refractivity contribution in [2.24, 2.45) is 5.41 Å². The van der Waals surface area contributed by atoms with E-state index in [4.69, 9.17) is 4.74 Å². The minimum atomic E-state index is -0.553. The van der Waals surface area contributed by atoms with Crippen LogP contribution in [0.2, 0.25) is 0 Å². The largest absolute Gasteiger partial charge is 0.443 e. The van der Waals surface area contributed by atoms with E-state index >= 15 is 0 Å². The van der Waals surface area contributed by atoms with E-state index in [1.807, 2.05) is 61.5 Å². The normalized spacial score (nSPS) is 17.1. The Hall–Kier alpha value is -2.11. The van der Waals surface area contributed by atoms with Gasteiger partial charge in [-0.25, -0.2) is 9.78 Å². The smallest absolute Gasteiger partial charge is 0.415 e. The van der Waals surface area contributed by atoms with Crippen LogP contribution < -0.4 is 10.2 Å². The number of fused-ring (bicyclic) bond motifs is 1. The van der Waals surface area contributed by atoms with E-state index in [-0.39, 0.29) is 23.5 Å². The second-order valence-corrected chi connectivity index (χ2v) is 9.31. The average molecular weight is 361 g/mol. The van der Waals surface area contributed by atoms with Crippen LogP contribution in [0.15, 0.2) is 6.07 Å². The molecule has 26 heavy (non-hydrogen) atoms. The van der Waals surface area contributed by atoms with Gasteiger partial charge in [0.2, 0.25) is 5.91 Å². The van der Waals surface area contributed by atoms with E-state index in [0.29, 0.717) is 18.7 Å². The predicted octanol–water partition coefficient (Wildman–Crippen LogP) is 4.45. The number of anilines is 2. The first-order chi connectivity index (χ1) is 11.8. The summed E-state index contributed by atoms with van der Waals surface area (Å²) in [6.45, 7) is 15.5. The molecular weight excluding hydrogens is 330 g/mol. The van der Waals surface area contributed by atoms with Gasteiger partial charge in [-0.2, -0.15) is 0 Å². The van der Waals surface area contributed by atoms with Crippen LogP contribution in [0.1, 0.15) is 66.1 Å². The van der Waals surface area contributed by atoms with Crippen molar-refractivity contribution in [1.29, 1.82) is 0 Å². The summed E-state index contributed by atoms with van der Waals surface area (Å²) in [6, 6.07) is 1.87. The van der Waals surface area contributed by atoms with E-state index in [0.717, 1.165) is 16.9 Å². The van der Waals surface area contributed by atoms with Crippen LogP contribution in [0, 0.1) is 12.3 Å². The number of pyridine rings is 1. The van der Waals surface area contributed by atoms with Crippen LogP contribution >= 0.6 is 0 Å². The summed E-state index contributed by atoms with van der Waals surface area (Å²) in [4.78, 5) is 31.1. The van der Waals surface area contributed by atoms with Gasteiger partial charge in [0.1, 0.15) is 11.4 Å². The second kappa shape index (κ2) is 6.89. The predicted molar refractivity (Wildman–Crippen MR) is 104 cm³/mol. The van der Waals surface area contributed by atoms with Gasteiger partial charge in [0, 0.05) is 18.9 Å². The molecule has 1 aliphatic rings. The maximum absolute atomic E-state index is 12.6. The zero-order valence-electron chi connectivity index (χ0n) is 17.2. The van der Waals surface area contributed by atoms with Gasteiger partial charge >= 0.3 is 6.09 Å². The molecule has 0 bridgehead atoms. The average Bonchev–Trinajstić information content (AvgIpc) is 2.70. The molecule has 1 aromatic heterocycles. The Bertz CT molecular complexity index is 714. The van der Waals surface area contributed by atoms with Gasteiger partial charge < -0.3 is 10.1 Å². The first kappa shape index (κ1) is 20.2. The summed E-state index contributed by atoms with van der Waals surface area (Å²) >= 11 is 0. The Labute approximate surface area is 156 Å². The van der Waals surface area contributed by atoms with Gasteiger partial charge in [-0.3, -0.25) is 9.69 Å². The first-order valence-corrected chi connectivity index (χ1v) is 9.09. The molecule has 1 atom stereocenters. The van der Waals surface area contributed by atoms with Gasteiger partial charge in [-0.05, 0) is 51.7 Å². The topological polar surface area (TPSA) is 71.5 Å². The maximum Gasteiger partial charge on any atom is 0.415 e. The molecule has 2 heterocycles. The van der Waals surface area contributed by atoms with E-state index in [9.17, 15) is 9.59 Å². The highest BCUT2D eigenvalue weighted by Gasteiger charge is 2.35. The van der Waals surface area contributed by atoms with Crippen molar-refractivity contribution in [2.75, 3.05) is 10.2 Å². The Morgan fingerprint density at radius 1 is 1.27 bits per heavy atom. The van der Waals surface area contributed by atoms with Crippen LogP contribution in [0.5, 0.6) is 0 Å². The summed E-state index contributed by atoms with van der Waals surface area (Å²) in [5.74, 6) is 0.513. The number of carbonyl (C=O) groups excluding carboxylic acids is 2. The van der Waals surface area contributed by atoms with Crippen LogP contribution in [0.4, 0.5) is 16.3 Å². The zero-order valence-corrected chi connectivity index (χ0v) is 17.2. The van der Waals surface area contributed by atoms with Crippen molar-refractivity contribution in [1.82, 2.24) is 4.98 Å². The van der Waals surface area contributed by atoms with E-state index < -0.39 is 5.60 Å². The lowest BCUT2D eigenvalue weighted by atomic mass is 9.92. The molecule has 2 rings (SSSR count). The number of nitrogens with zero attached hydrogens (tertiary/aromatic N) is 2. The molecular formula is C20H31N3O3. The molecule has 0 saturated carbocycles. The molecule has 0 aromatic carbocycles. The Morgan fingerprint density at radius 2 is 1.88 bits per heavy atom. The number of rotatable bonds is 2. The highest BCUT2D eigenvalue weighted by Crippen LogP contribution is 2.35. The van der Waals surface area contributed by atoms with Crippen LogP contribution in [0.3, 0.4) is 0 Å². The molecule has 0 radical (unpaired) electrons. The molecule has 0 fully saturated rings. The lowest BCUT2D eigenvalue weighted by molar-refractivity contribution is -0.117. The number of hydrogen-bond acceptors (Lipinski definition) is 4. The molecule has 1 N–H and O–H groups in total. The van der Waals surface area contributed by atoms with Crippen molar-refractivity contribution >= 4 is 23.5 Å². The molecule has 0 aliphatic carbocycles. The fourth-order valence-corrected chi connectivity index (χ4v) is 2.98. The van der Waals surface area contributed by atoms with Gasteiger partial charge in [0.15, 0.2) is 0 Å². The van der Waals surface area contributed by atoms with Crippen LogP contribution in [-0.4, -0.2) is 28.6 Å². The minimum absolute atomic E-state index is 0.0349. The third kappa shape index (κ3) is 4.96. The van der Waals surface area contributed by atoms with Crippen molar-refractivity contribution in [2.45, 2.75) is 79.9 Å². The number of aromatic nitrogens is 1. The van der Waals surface area contributed by atoms with Gasteiger partial charge in [0.25, 0.3) is 0 Å². The van der Waals surface area contributed by atoms with E-state index in [1.165, 1.54) is 0 Å². The maximum atomic E-state index is 12.6. The highest BCUT2D eigenvalue weighted by molar-refractivity contribution is 5.93.